The number of carbonyl (C=O) groups excluding carboxylic acids is 1. The molecular weight excluding hydrogens is 340 g/mol. The second-order valence-corrected chi connectivity index (χ2v) is 5.67. The smallest absolute Gasteiger partial charge is 0.234 e. The van der Waals surface area contributed by atoms with Gasteiger partial charge in [-0.1, -0.05) is 41.9 Å². The molecule has 0 atom stereocenters. The van der Waals surface area contributed by atoms with Crippen molar-refractivity contribution >= 4 is 17.5 Å². The lowest BCUT2D eigenvalue weighted by Crippen LogP contribution is -2.25. The van der Waals surface area contributed by atoms with Gasteiger partial charge in [0.2, 0.25) is 5.91 Å². The van der Waals surface area contributed by atoms with Crippen LogP contribution in [-0.2, 0) is 17.8 Å². The van der Waals surface area contributed by atoms with Gasteiger partial charge in [0.15, 0.2) is 11.5 Å². The Bertz CT molecular complexity index is 772. The van der Waals surface area contributed by atoms with Gasteiger partial charge < -0.3 is 14.8 Å². The Balaban J connectivity index is 2.08. The molecule has 0 saturated heterocycles. The minimum Gasteiger partial charge on any atom is -0.493 e. The topological polar surface area (TPSA) is 71.3 Å². The molecule has 2 rings (SSSR count). The zero-order valence-electron chi connectivity index (χ0n) is 13.9. The third-order valence-corrected chi connectivity index (χ3v) is 3.94. The summed E-state index contributed by atoms with van der Waals surface area (Å²) in [6, 6.07) is 14.9. The van der Waals surface area contributed by atoms with Crippen molar-refractivity contribution in [1.29, 1.82) is 5.26 Å². The molecule has 0 saturated carbocycles. The number of ether oxygens (including phenoxy) is 2. The van der Waals surface area contributed by atoms with Crippen molar-refractivity contribution in [3.8, 4) is 17.6 Å². The molecule has 130 valence electrons. The first-order chi connectivity index (χ1) is 12.2. The van der Waals surface area contributed by atoms with Crippen molar-refractivity contribution in [2.45, 2.75) is 19.4 Å². The van der Waals surface area contributed by atoms with Crippen LogP contribution in [0.3, 0.4) is 0 Å². The van der Waals surface area contributed by atoms with Crippen LogP contribution < -0.4 is 14.8 Å². The van der Waals surface area contributed by atoms with E-state index in [9.17, 15) is 4.79 Å². The molecule has 0 aliphatic rings. The van der Waals surface area contributed by atoms with Gasteiger partial charge in [-0.3, -0.25) is 4.79 Å². The van der Waals surface area contributed by atoms with Gasteiger partial charge in [-0.25, -0.2) is 0 Å². The third kappa shape index (κ3) is 5.40. The molecule has 0 bridgehead atoms. The maximum Gasteiger partial charge on any atom is 0.234 e. The number of para-hydroxylation sites is 1. The molecule has 2 aromatic rings. The van der Waals surface area contributed by atoms with Gasteiger partial charge in [0.25, 0.3) is 0 Å². The number of halogens is 1. The fourth-order valence-electron chi connectivity index (χ4n) is 2.32. The molecule has 0 unspecified atom stereocenters. The number of nitrogens with zero attached hydrogens (tertiary/aromatic N) is 1. The van der Waals surface area contributed by atoms with Gasteiger partial charge in [-0.2, -0.15) is 5.26 Å². The number of nitriles is 1. The fourth-order valence-corrected chi connectivity index (χ4v) is 2.51. The van der Waals surface area contributed by atoms with Crippen LogP contribution >= 0.6 is 11.6 Å². The Labute approximate surface area is 152 Å². The van der Waals surface area contributed by atoms with E-state index in [-0.39, 0.29) is 12.3 Å². The van der Waals surface area contributed by atoms with Gasteiger partial charge in [-0.15, -0.1) is 0 Å². The summed E-state index contributed by atoms with van der Waals surface area (Å²) < 4.78 is 11.3. The predicted octanol–water partition coefficient (Wildman–Crippen LogP) is 3.50. The minimum absolute atomic E-state index is 0.145. The van der Waals surface area contributed by atoms with Crippen molar-refractivity contribution in [2.75, 3.05) is 13.7 Å². The Morgan fingerprint density at radius 2 is 1.96 bits per heavy atom. The average Bonchev–Trinajstić information content (AvgIpc) is 2.61. The molecule has 25 heavy (non-hydrogen) atoms. The van der Waals surface area contributed by atoms with Gasteiger partial charge in [0.05, 0.1) is 13.2 Å². The zero-order chi connectivity index (χ0) is 18.1. The molecule has 6 heteroatoms. The summed E-state index contributed by atoms with van der Waals surface area (Å²) in [6.07, 6.45) is 0.417. The quantitative estimate of drug-likeness (QED) is 0.784. The van der Waals surface area contributed by atoms with Crippen LogP contribution in [0, 0.1) is 11.3 Å². The highest BCUT2D eigenvalue weighted by Crippen LogP contribution is 2.32. The van der Waals surface area contributed by atoms with Crippen LogP contribution in [0.5, 0.6) is 11.5 Å². The summed E-state index contributed by atoms with van der Waals surface area (Å²) in [7, 11) is 1.58. The van der Waals surface area contributed by atoms with Crippen molar-refractivity contribution in [1.82, 2.24) is 5.32 Å². The SMILES string of the molecule is COc1cccc(CCNC(=O)CC#N)c1OCc1ccccc1Cl. The average molecular weight is 359 g/mol. The first-order valence-corrected chi connectivity index (χ1v) is 8.19. The molecule has 0 aromatic heterocycles. The maximum absolute atomic E-state index is 11.4. The van der Waals surface area contributed by atoms with Crippen molar-refractivity contribution in [3.63, 3.8) is 0 Å². The van der Waals surface area contributed by atoms with Gasteiger partial charge in [0.1, 0.15) is 13.0 Å². The number of methoxy groups -OCH3 is 1. The number of rotatable bonds is 8. The van der Waals surface area contributed by atoms with Crippen LogP contribution in [0.2, 0.25) is 5.02 Å². The molecule has 0 aliphatic heterocycles. The molecule has 5 nitrogen and oxygen atoms in total. The van der Waals surface area contributed by atoms with Crippen molar-refractivity contribution in [2.24, 2.45) is 0 Å². The second kappa shape index (κ2) is 9.55. The van der Waals surface area contributed by atoms with Crippen molar-refractivity contribution in [3.05, 3.63) is 58.6 Å². The molecule has 0 fully saturated rings. The highest BCUT2D eigenvalue weighted by molar-refractivity contribution is 6.31. The minimum atomic E-state index is -0.288. The maximum atomic E-state index is 11.4. The number of hydrogen-bond acceptors (Lipinski definition) is 4. The van der Waals surface area contributed by atoms with Crippen LogP contribution in [-0.4, -0.2) is 19.6 Å². The number of hydrogen-bond donors (Lipinski definition) is 1. The van der Waals surface area contributed by atoms with E-state index in [2.05, 4.69) is 5.32 Å². The summed E-state index contributed by atoms with van der Waals surface area (Å²) in [6.45, 7) is 0.726. The van der Waals surface area contributed by atoms with E-state index in [1.54, 1.807) is 7.11 Å². The first kappa shape index (κ1) is 18.6. The van der Waals surface area contributed by atoms with E-state index in [1.165, 1.54) is 0 Å². The summed E-state index contributed by atoms with van der Waals surface area (Å²) >= 11 is 6.17. The largest absolute Gasteiger partial charge is 0.493 e. The zero-order valence-corrected chi connectivity index (χ0v) is 14.7. The van der Waals surface area contributed by atoms with Crippen LogP contribution in [0.15, 0.2) is 42.5 Å². The highest BCUT2D eigenvalue weighted by Gasteiger charge is 2.12. The Morgan fingerprint density at radius 1 is 1.20 bits per heavy atom. The van der Waals surface area contributed by atoms with Gasteiger partial charge in [-0.05, 0) is 24.1 Å². The third-order valence-electron chi connectivity index (χ3n) is 3.57. The lowest BCUT2D eigenvalue weighted by Gasteiger charge is -2.16. The lowest BCUT2D eigenvalue weighted by molar-refractivity contribution is -0.120. The van der Waals surface area contributed by atoms with Crippen molar-refractivity contribution < 1.29 is 14.3 Å². The molecule has 0 aliphatic carbocycles. The van der Waals surface area contributed by atoms with E-state index >= 15 is 0 Å². The summed E-state index contributed by atoms with van der Waals surface area (Å²) in [5.74, 6) is 0.955. The summed E-state index contributed by atoms with van der Waals surface area (Å²) in [4.78, 5) is 11.4. The Morgan fingerprint density at radius 3 is 2.68 bits per heavy atom. The van der Waals surface area contributed by atoms with E-state index < -0.39 is 0 Å². The lowest BCUT2D eigenvalue weighted by atomic mass is 10.1. The van der Waals surface area contributed by atoms with Crippen LogP contribution in [0.4, 0.5) is 0 Å². The molecule has 0 heterocycles. The summed E-state index contributed by atoms with van der Waals surface area (Å²) in [5, 5.41) is 11.9. The molecular formula is C19H19ClN2O3. The highest BCUT2D eigenvalue weighted by atomic mass is 35.5. The van der Waals surface area contributed by atoms with Crippen LogP contribution in [0.25, 0.3) is 0 Å². The number of nitrogens with one attached hydrogen (secondary N) is 1. The summed E-state index contributed by atoms with van der Waals surface area (Å²) in [5.41, 5.74) is 1.78. The molecule has 2 aromatic carbocycles. The molecule has 1 amide bonds. The number of carbonyl (C=O) groups is 1. The molecule has 0 radical (unpaired) electrons. The normalized spacial score (nSPS) is 9.96. The van der Waals surface area contributed by atoms with E-state index in [0.717, 1.165) is 11.1 Å². The van der Waals surface area contributed by atoms with Gasteiger partial charge in [0, 0.05) is 17.1 Å². The number of benzene rings is 2. The second-order valence-electron chi connectivity index (χ2n) is 5.26. The first-order valence-electron chi connectivity index (χ1n) is 7.81. The molecule has 0 spiro atoms. The Hall–Kier alpha value is -2.71. The number of amides is 1. The van der Waals surface area contributed by atoms with E-state index in [4.69, 9.17) is 26.3 Å². The van der Waals surface area contributed by atoms with Gasteiger partial charge >= 0.3 is 0 Å². The van der Waals surface area contributed by atoms with Crippen LogP contribution in [0.1, 0.15) is 17.5 Å². The standard InChI is InChI=1S/C19H19ClN2O3/c1-24-17-8-4-6-14(10-12-22-18(23)9-11-21)19(17)25-13-15-5-2-3-7-16(15)20/h2-8H,9-10,12-13H2,1H3,(H,22,23). The molecule has 1 N–H and O–H groups in total. The monoisotopic (exact) mass is 358 g/mol. The fraction of sp³-hybridized carbons (Fsp3) is 0.263. The Kier molecular flexibility index (Phi) is 7.12. The van der Waals surface area contributed by atoms with E-state index in [0.29, 0.717) is 36.1 Å². The predicted molar refractivity (Wildman–Crippen MR) is 95.7 cm³/mol. The van der Waals surface area contributed by atoms with E-state index in [1.807, 2.05) is 48.5 Å².